The van der Waals surface area contributed by atoms with Gasteiger partial charge in [0.1, 0.15) is 12.0 Å². The molecule has 6 nitrogen and oxygen atoms in total. The summed E-state index contributed by atoms with van der Waals surface area (Å²) in [6.45, 7) is 1.51. The fraction of sp³-hybridized carbons (Fsp3) is 0.368. The van der Waals surface area contributed by atoms with Gasteiger partial charge in [-0.25, -0.2) is 0 Å². The third-order valence-electron chi connectivity index (χ3n) is 4.49. The van der Waals surface area contributed by atoms with Gasteiger partial charge in [-0.15, -0.1) is 0 Å². The van der Waals surface area contributed by atoms with Gasteiger partial charge in [-0.2, -0.15) is 0 Å². The summed E-state index contributed by atoms with van der Waals surface area (Å²) >= 11 is 0. The molecule has 0 spiro atoms. The quantitative estimate of drug-likeness (QED) is 0.906. The Morgan fingerprint density at radius 3 is 2.92 bits per heavy atom. The second kappa shape index (κ2) is 7.88. The number of hydrogen-bond donors (Lipinski definition) is 1. The first kappa shape index (κ1) is 17.1. The minimum Gasteiger partial charge on any atom is -0.496 e. The molecule has 1 N–H and O–H groups in total. The Morgan fingerprint density at radius 1 is 1.32 bits per heavy atom. The Hall–Kier alpha value is -2.76. The lowest BCUT2D eigenvalue weighted by atomic mass is 9.96. The van der Waals surface area contributed by atoms with E-state index in [-0.39, 0.29) is 17.7 Å². The fourth-order valence-electron chi connectivity index (χ4n) is 3.12. The number of piperidine rings is 1. The Kier molecular flexibility index (Phi) is 5.38. The van der Waals surface area contributed by atoms with Crippen LogP contribution in [0, 0.1) is 5.92 Å². The molecule has 2 aromatic rings. The highest BCUT2D eigenvalue weighted by Crippen LogP contribution is 2.20. The Balaban J connectivity index is 1.57. The van der Waals surface area contributed by atoms with Crippen LogP contribution in [0.15, 0.2) is 47.3 Å². The molecule has 1 fully saturated rings. The Morgan fingerprint density at radius 2 is 2.16 bits per heavy atom. The minimum atomic E-state index is -0.195. The zero-order valence-electron chi connectivity index (χ0n) is 14.2. The number of nitrogens with zero attached hydrogens (tertiary/aromatic N) is 1. The van der Waals surface area contributed by atoms with Crippen LogP contribution in [0.4, 0.5) is 0 Å². The minimum absolute atomic E-state index is 0.0319. The van der Waals surface area contributed by atoms with Gasteiger partial charge < -0.3 is 19.4 Å². The first-order valence-electron chi connectivity index (χ1n) is 8.40. The average molecular weight is 342 g/mol. The predicted octanol–water partition coefficient (Wildman–Crippen LogP) is 2.46. The van der Waals surface area contributed by atoms with Crippen molar-refractivity contribution < 1.29 is 18.7 Å². The molecule has 25 heavy (non-hydrogen) atoms. The predicted molar refractivity (Wildman–Crippen MR) is 92.2 cm³/mol. The summed E-state index contributed by atoms with van der Waals surface area (Å²) in [7, 11) is 1.61. The molecule has 0 bridgehead atoms. The molecule has 1 aromatic carbocycles. The van der Waals surface area contributed by atoms with Crippen molar-refractivity contribution in [1.82, 2.24) is 10.2 Å². The van der Waals surface area contributed by atoms with Gasteiger partial charge in [0, 0.05) is 25.2 Å². The smallest absolute Gasteiger partial charge is 0.257 e. The summed E-state index contributed by atoms with van der Waals surface area (Å²) in [6, 6.07) is 9.25. The van der Waals surface area contributed by atoms with E-state index in [9.17, 15) is 9.59 Å². The number of rotatable bonds is 5. The van der Waals surface area contributed by atoms with E-state index < -0.39 is 0 Å². The summed E-state index contributed by atoms with van der Waals surface area (Å²) < 4.78 is 10.3. The molecule has 2 amide bonds. The van der Waals surface area contributed by atoms with E-state index in [1.165, 1.54) is 12.5 Å². The van der Waals surface area contributed by atoms with Gasteiger partial charge in [0.2, 0.25) is 5.91 Å². The lowest BCUT2D eigenvalue weighted by molar-refractivity contribution is -0.126. The van der Waals surface area contributed by atoms with Crippen molar-refractivity contribution in [3.05, 3.63) is 54.0 Å². The summed E-state index contributed by atoms with van der Waals surface area (Å²) in [6.07, 6.45) is 4.52. The number of likely N-dealkylation sites (tertiary alicyclic amines) is 1. The normalized spacial score (nSPS) is 17.2. The van der Waals surface area contributed by atoms with E-state index in [2.05, 4.69) is 5.32 Å². The first-order chi connectivity index (χ1) is 12.2. The number of carbonyl (C=O) groups excluding carboxylic acids is 2. The van der Waals surface area contributed by atoms with E-state index in [1.54, 1.807) is 18.1 Å². The Bertz CT molecular complexity index is 727. The van der Waals surface area contributed by atoms with Gasteiger partial charge in [0.15, 0.2) is 0 Å². The molecule has 6 heteroatoms. The molecule has 1 unspecified atom stereocenters. The third kappa shape index (κ3) is 4.02. The monoisotopic (exact) mass is 342 g/mol. The topological polar surface area (TPSA) is 71.8 Å². The zero-order chi connectivity index (χ0) is 17.6. The van der Waals surface area contributed by atoms with E-state index in [0.717, 1.165) is 24.2 Å². The molecule has 1 aliphatic rings. The van der Waals surface area contributed by atoms with Gasteiger partial charge in [0.05, 0.1) is 24.9 Å². The molecule has 2 heterocycles. The van der Waals surface area contributed by atoms with Crippen LogP contribution in [0.25, 0.3) is 0 Å². The van der Waals surface area contributed by atoms with Gasteiger partial charge >= 0.3 is 0 Å². The number of furan rings is 1. The highest BCUT2D eigenvalue weighted by molar-refractivity contribution is 5.94. The molecule has 3 rings (SSSR count). The van der Waals surface area contributed by atoms with Crippen LogP contribution >= 0.6 is 0 Å². The van der Waals surface area contributed by atoms with Crippen molar-refractivity contribution in [2.75, 3.05) is 20.2 Å². The first-order valence-corrected chi connectivity index (χ1v) is 8.40. The fourth-order valence-corrected chi connectivity index (χ4v) is 3.12. The van der Waals surface area contributed by atoms with Crippen LogP contribution in [-0.4, -0.2) is 36.9 Å². The number of ether oxygens (including phenoxy) is 1. The molecule has 1 atom stereocenters. The second-order valence-corrected chi connectivity index (χ2v) is 6.13. The van der Waals surface area contributed by atoms with E-state index >= 15 is 0 Å². The van der Waals surface area contributed by atoms with Crippen molar-refractivity contribution in [3.8, 4) is 5.75 Å². The lowest BCUT2D eigenvalue weighted by Crippen LogP contribution is -2.45. The number of para-hydroxylation sites is 1. The van der Waals surface area contributed by atoms with Crippen LogP contribution in [0.2, 0.25) is 0 Å². The van der Waals surface area contributed by atoms with Crippen molar-refractivity contribution in [2.24, 2.45) is 5.92 Å². The van der Waals surface area contributed by atoms with Gasteiger partial charge in [-0.05, 0) is 25.0 Å². The number of hydrogen-bond acceptors (Lipinski definition) is 4. The summed E-state index contributed by atoms with van der Waals surface area (Å²) in [5.41, 5.74) is 1.45. The lowest BCUT2D eigenvalue weighted by Gasteiger charge is -2.31. The summed E-state index contributed by atoms with van der Waals surface area (Å²) in [4.78, 5) is 26.7. The highest BCUT2D eigenvalue weighted by atomic mass is 16.5. The standard InChI is InChI=1S/C19H22N2O4/c1-24-17-7-3-2-5-14(17)11-20-18(22)15-6-4-9-21(12-15)19(23)16-8-10-25-13-16/h2-3,5,7-8,10,13,15H,4,6,9,11-12H2,1H3,(H,20,22). The van der Waals surface area contributed by atoms with Crippen LogP contribution in [0.1, 0.15) is 28.8 Å². The molecule has 1 saturated heterocycles. The number of carbonyl (C=O) groups is 2. The largest absolute Gasteiger partial charge is 0.496 e. The van der Waals surface area contributed by atoms with E-state index in [0.29, 0.717) is 25.2 Å². The van der Waals surface area contributed by atoms with E-state index in [1.807, 2.05) is 24.3 Å². The van der Waals surface area contributed by atoms with Crippen molar-refractivity contribution in [2.45, 2.75) is 19.4 Å². The number of nitrogens with one attached hydrogen (secondary N) is 1. The number of benzene rings is 1. The van der Waals surface area contributed by atoms with E-state index in [4.69, 9.17) is 9.15 Å². The highest BCUT2D eigenvalue weighted by Gasteiger charge is 2.29. The number of amides is 2. The number of methoxy groups -OCH3 is 1. The zero-order valence-corrected chi connectivity index (χ0v) is 14.2. The third-order valence-corrected chi connectivity index (χ3v) is 4.49. The maximum atomic E-state index is 12.5. The summed E-state index contributed by atoms with van der Waals surface area (Å²) in [5.74, 6) is 0.439. The maximum Gasteiger partial charge on any atom is 0.257 e. The summed E-state index contributed by atoms with van der Waals surface area (Å²) in [5, 5.41) is 2.96. The van der Waals surface area contributed by atoms with Gasteiger partial charge in [-0.1, -0.05) is 18.2 Å². The SMILES string of the molecule is COc1ccccc1CNC(=O)C1CCCN(C(=O)c2ccoc2)C1. The van der Waals surface area contributed by atoms with Crippen LogP contribution in [-0.2, 0) is 11.3 Å². The average Bonchev–Trinajstić information content (AvgIpc) is 3.20. The van der Waals surface area contributed by atoms with Crippen molar-refractivity contribution in [3.63, 3.8) is 0 Å². The molecule has 132 valence electrons. The molecule has 1 aromatic heterocycles. The molecule has 1 aliphatic heterocycles. The molecule has 0 aliphatic carbocycles. The van der Waals surface area contributed by atoms with Crippen LogP contribution in [0.5, 0.6) is 5.75 Å². The molecule has 0 saturated carbocycles. The molecule has 0 radical (unpaired) electrons. The Labute approximate surface area is 146 Å². The van der Waals surface area contributed by atoms with Gasteiger partial charge in [-0.3, -0.25) is 9.59 Å². The second-order valence-electron chi connectivity index (χ2n) is 6.13. The van der Waals surface area contributed by atoms with Crippen molar-refractivity contribution >= 4 is 11.8 Å². The van der Waals surface area contributed by atoms with Crippen LogP contribution < -0.4 is 10.1 Å². The maximum absolute atomic E-state index is 12.5. The van der Waals surface area contributed by atoms with Crippen LogP contribution in [0.3, 0.4) is 0 Å². The molecular weight excluding hydrogens is 320 g/mol. The van der Waals surface area contributed by atoms with Crippen molar-refractivity contribution in [1.29, 1.82) is 0 Å². The van der Waals surface area contributed by atoms with Gasteiger partial charge in [0.25, 0.3) is 5.91 Å². The molecular formula is C19H22N2O4.